The molecule has 3 amide bonds. The van der Waals surface area contributed by atoms with Crippen LogP contribution >= 0.6 is 11.3 Å². The summed E-state index contributed by atoms with van der Waals surface area (Å²) in [5.41, 5.74) is 5.80. The molecule has 0 spiro atoms. The quantitative estimate of drug-likeness (QED) is 0.763. The van der Waals surface area contributed by atoms with Crippen molar-refractivity contribution in [2.24, 2.45) is 5.73 Å². The van der Waals surface area contributed by atoms with E-state index in [-0.39, 0.29) is 12.3 Å². The Balaban J connectivity index is 2.03. The molecule has 22 heavy (non-hydrogen) atoms. The molecule has 1 aromatic carbocycles. The first-order chi connectivity index (χ1) is 10.6. The number of methoxy groups -OCH3 is 1. The highest BCUT2D eigenvalue weighted by molar-refractivity contribution is 7.10. The average Bonchev–Trinajstić information content (AvgIpc) is 3.00. The lowest BCUT2D eigenvalue weighted by atomic mass is 10.1. The number of nitrogens with two attached hydrogens (primary N) is 1. The maximum absolute atomic E-state index is 12.2. The molecule has 1 heterocycles. The van der Waals surface area contributed by atoms with Crippen molar-refractivity contribution < 1.29 is 14.3 Å². The number of benzene rings is 1. The molecule has 1 atom stereocenters. The Bertz CT molecular complexity index is 643. The molecule has 0 radical (unpaired) electrons. The van der Waals surface area contributed by atoms with Crippen molar-refractivity contribution in [3.63, 3.8) is 0 Å². The molecule has 4 N–H and O–H groups in total. The number of amides is 3. The molecular weight excluding hydrogens is 302 g/mol. The Morgan fingerprint density at radius 1 is 1.32 bits per heavy atom. The summed E-state index contributed by atoms with van der Waals surface area (Å²) in [5, 5.41) is 7.24. The second-order valence-electron chi connectivity index (χ2n) is 4.56. The molecule has 2 rings (SSSR count). The van der Waals surface area contributed by atoms with Crippen LogP contribution in [0, 0.1) is 0 Å². The van der Waals surface area contributed by atoms with Crippen LogP contribution < -0.4 is 21.1 Å². The van der Waals surface area contributed by atoms with Gasteiger partial charge in [-0.1, -0.05) is 12.1 Å². The number of primary amides is 1. The number of anilines is 1. The molecule has 2 aromatic rings. The van der Waals surface area contributed by atoms with E-state index in [1.54, 1.807) is 31.4 Å². The fourth-order valence-electron chi connectivity index (χ4n) is 1.98. The van der Waals surface area contributed by atoms with Gasteiger partial charge in [0.1, 0.15) is 5.75 Å². The molecule has 0 bridgehead atoms. The first-order valence-electron chi connectivity index (χ1n) is 6.61. The minimum absolute atomic E-state index is 0.0979. The van der Waals surface area contributed by atoms with Crippen LogP contribution in [-0.4, -0.2) is 19.0 Å². The largest absolute Gasteiger partial charge is 0.497 e. The van der Waals surface area contributed by atoms with Gasteiger partial charge in [-0.2, -0.15) is 0 Å². The van der Waals surface area contributed by atoms with Crippen LogP contribution in [0.2, 0.25) is 0 Å². The third-order valence-electron chi connectivity index (χ3n) is 2.95. The number of urea groups is 1. The van der Waals surface area contributed by atoms with Gasteiger partial charge in [-0.25, -0.2) is 4.79 Å². The van der Waals surface area contributed by atoms with E-state index in [1.807, 2.05) is 17.5 Å². The van der Waals surface area contributed by atoms with E-state index in [2.05, 4.69) is 10.6 Å². The minimum Gasteiger partial charge on any atom is -0.497 e. The van der Waals surface area contributed by atoms with Crippen LogP contribution in [0.5, 0.6) is 5.75 Å². The summed E-state index contributed by atoms with van der Waals surface area (Å²) in [6.07, 6.45) is 0.0979. The fraction of sp³-hybridized carbons (Fsp3) is 0.200. The first-order valence-corrected chi connectivity index (χ1v) is 7.49. The highest BCUT2D eigenvalue weighted by Gasteiger charge is 2.18. The second kappa shape index (κ2) is 7.46. The molecule has 116 valence electrons. The molecule has 1 unspecified atom stereocenters. The van der Waals surface area contributed by atoms with Crippen molar-refractivity contribution in [2.75, 3.05) is 12.4 Å². The number of nitrogens with one attached hydrogen (secondary N) is 2. The maximum Gasteiger partial charge on any atom is 0.312 e. The normalized spacial score (nSPS) is 11.5. The summed E-state index contributed by atoms with van der Waals surface area (Å²) in [7, 11) is 1.56. The summed E-state index contributed by atoms with van der Waals surface area (Å²) in [4.78, 5) is 24.1. The lowest BCUT2D eigenvalue weighted by molar-refractivity contribution is -0.116. The van der Waals surface area contributed by atoms with Gasteiger partial charge in [-0.3, -0.25) is 4.79 Å². The van der Waals surface area contributed by atoms with Crippen molar-refractivity contribution >= 4 is 29.0 Å². The number of rotatable bonds is 6. The van der Waals surface area contributed by atoms with Crippen molar-refractivity contribution in [1.29, 1.82) is 0 Å². The number of hydrogen-bond acceptors (Lipinski definition) is 4. The van der Waals surface area contributed by atoms with Gasteiger partial charge in [0.05, 0.1) is 19.6 Å². The van der Waals surface area contributed by atoms with Gasteiger partial charge in [-0.15, -0.1) is 11.3 Å². The van der Waals surface area contributed by atoms with Gasteiger partial charge in [0.15, 0.2) is 0 Å². The summed E-state index contributed by atoms with van der Waals surface area (Å²) >= 11 is 1.46. The highest BCUT2D eigenvalue weighted by atomic mass is 32.1. The second-order valence-corrected chi connectivity index (χ2v) is 5.54. The maximum atomic E-state index is 12.2. The fourth-order valence-corrected chi connectivity index (χ4v) is 2.76. The Morgan fingerprint density at radius 3 is 2.77 bits per heavy atom. The van der Waals surface area contributed by atoms with Gasteiger partial charge >= 0.3 is 6.03 Å². The first kappa shape index (κ1) is 15.8. The monoisotopic (exact) mass is 319 g/mol. The number of ether oxygens (including phenoxy) is 1. The zero-order valence-corrected chi connectivity index (χ0v) is 12.9. The van der Waals surface area contributed by atoms with Crippen LogP contribution in [0.4, 0.5) is 10.5 Å². The zero-order chi connectivity index (χ0) is 15.9. The molecule has 7 heteroatoms. The van der Waals surface area contributed by atoms with Gasteiger partial charge in [-0.05, 0) is 23.6 Å². The average molecular weight is 319 g/mol. The number of carbonyl (C=O) groups excluding carboxylic acids is 2. The van der Waals surface area contributed by atoms with Crippen LogP contribution in [0.15, 0.2) is 41.8 Å². The summed E-state index contributed by atoms with van der Waals surface area (Å²) in [6, 6.07) is 9.67. The predicted octanol–water partition coefficient (Wildman–Crippen LogP) is 2.49. The van der Waals surface area contributed by atoms with Crippen LogP contribution in [0.25, 0.3) is 0 Å². The molecule has 0 saturated heterocycles. The van der Waals surface area contributed by atoms with E-state index in [4.69, 9.17) is 10.5 Å². The molecule has 0 aliphatic heterocycles. The molecule has 0 saturated carbocycles. The van der Waals surface area contributed by atoms with Gasteiger partial charge in [0, 0.05) is 16.6 Å². The van der Waals surface area contributed by atoms with E-state index in [9.17, 15) is 9.59 Å². The third-order valence-corrected chi connectivity index (χ3v) is 3.93. The summed E-state index contributed by atoms with van der Waals surface area (Å²) in [5.74, 6) is 0.434. The van der Waals surface area contributed by atoms with Gasteiger partial charge in [0.25, 0.3) is 0 Å². The van der Waals surface area contributed by atoms with Crippen molar-refractivity contribution in [3.8, 4) is 5.75 Å². The van der Waals surface area contributed by atoms with Crippen LogP contribution in [0.1, 0.15) is 17.3 Å². The SMILES string of the molecule is COc1cccc(NC(=O)CC(NC(N)=O)c2cccs2)c1. The number of hydrogen-bond donors (Lipinski definition) is 3. The number of carbonyl (C=O) groups is 2. The Hall–Kier alpha value is -2.54. The smallest absolute Gasteiger partial charge is 0.312 e. The lowest BCUT2D eigenvalue weighted by Gasteiger charge is -2.16. The van der Waals surface area contributed by atoms with E-state index >= 15 is 0 Å². The van der Waals surface area contributed by atoms with E-state index < -0.39 is 12.1 Å². The van der Waals surface area contributed by atoms with Gasteiger partial charge < -0.3 is 21.1 Å². The van der Waals surface area contributed by atoms with Gasteiger partial charge in [0.2, 0.25) is 5.91 Å². The number of thiophene rings is 1. The van der Waals surface area contributed by atoms with Crippen molar-refractivity contribution in [1.82, 2.24) is 5.32 Å². The molecule has 0 aliphatic carbocycles. The van der Waals surface area contributed by atoms with Crippen LogP contribution in [-0.2, 0) is 4.79 Å². The molecule has 0 fully saturated rings. The Labute approximate surface area is 132 Å². The van der Waals surface area contributed by atoms with Crippen molar-refractivity contribution in [2.45, 2.75) is 12.5 Å². The summed E-state index contributed by atoms with van der Waals surface area (Å²) in [6.45, 7) is 0. The molecular formula is C15H17N3O3S. The van der Waals surface area contributed by atoms with Crippen molar-refractivity contribution in [3.05, 3.63) is 46.7 Å². The van der Waals surface area contributed by atoms with Crippen LogP contribution in [0.3, 0.4) is 0 Å². The van der Waals surface area contributed by atoms with E-state index in [1.165, 1.54) is 11.3 Å². The molecule has 0 aliphatic rings. The highest BCUT2D eigenvalue weighted by Crippen LogP contribution is 2.23. The minimum atomic E-state index is -0.660. The van der Waals surface area contributed by atoms with E-state index in [0.29, 0.717) is 11.4 Å². The standard InChI is InChI=1S/C15H17N3O3S/c1-21-11-5-2-4-10(8-11)17-14(19)9-12(18-15(16)20)13-6-3-7-22-13/h2-8,12H,9H2,1H3,(H,17,19)(H3,16,18,20). The summed E-state index contributed by atoms with van der Waals surface area (Å²) < 4.78 is 5.11. The molecule has 1 aromatic heterocycles. The lowest BCUT2D eigenvalue weighted by Crippen LogP contribution is -2.34. The van der Waals surface area contributed by atoms with E-state index in [0.717, 1.165) is 4.88 Å². The Kier molecular flexibility index (Phi) is 5.37. The Morgan fingerprint density at radius 2 is 2.14 bits per heavy atom. The topological polar surface area (TPSA) is 93.4 Å². The molecule has 6 nitrogen and oxygen atoms in total. The third kappa shape index (κ3) is 4.49. The predicted molar refractivity (Wildman–Crippen MR) is 86.0 cm³/mol. The zero-order valence-electron chi connectivity index (χ0n) is 12.0.